The van der Waals surface area contributed by atoms with Gasteiger partial charge in [0.1, 0.15) is 6.04 Å². The van der Waals surface area contributed by atoms with Gasteiger partial charge in [-0.3, -0.25) is 24.3 Å². The number of nitrogens with one attached hydrogen (secondary N) is 1. The number of benzene rings is 1. The second kappa shape index (κ2) is 6.57. The Morgan fingerprint density at radius 2 is 1.92 bits per heavy atom. The molecule has 0 bridgehead atoms. The summed E-state index contributed by atoms with van der Waals surface area (Å²) in [6.45, 7) is 0.327. The van der Waals surface area contributed by atoms with Gasteiger partial charge in [-0.05, 0) is 18.6 Å². The van der Waals surface area contributed by atoms with E-state index in [1.807, 2.05) is 0 Å². The van der Waals surface area contributed by atoms with Crippen LogP contribution in [0.4, 0.5) is 5.69 Å². The molecule has 2 aliphatic rings. The summed E-state index contributed by atoms with van der Waals surface area (Å²) < 4.78 is 25.9. The number of nitrogens with zero attached hydrogens (tertiary/aromatic N) is 1. The molecule has 0 aliphatic carbocycles. The number of carbonyl (C=O) groups excluding carboxylic acids is 3. The molecule has 1 aromatic rings. The van der Waals surface area contributed by atoms with Gasteiger partial charge in [-0.15, -0.1) is 0 Å². The fourth-order valence-corrected chi connectivity index (χ4v) is 2.61. The first-order chi connectivity index (χ1) is 11.1. The Balaban J connectivity index is 0.000000368. The number of imide groups is 1. The molecule has 24 heavy (non-hydrogen) atoms. The molecule has 1 fully saturated rings. The van der Waals surface area contributed by atoms with Crippen molar-refractivity contribution in [1.82, 2.24) is 10.2 Å². The molecule has 9 nitrogen and oxygen atoms in total. The predicted octanol–water partition coefficient (Wildman–Crippen LogP) is -0.466. The molecule has 1 unspecified atom stereocenters. The van der Waals surface area contributed by atoms with E-state index < -0.39 is 22.1 Å². The van der Waals surface area contributed by atoms with Crippen LogP contribution in [-0.4, -0.2) is 47.9 Å². The number of amides is 3. The van der Waals surface area contributed by atoms with E-state index in [9.17, 15) is 22.8 Å². The van der Waals surface area contributed by atoms with Crippen molar-refractivity contribution in [3.05, 3.63) is 29.3 Å². The number of rotatable bonds is 1. The lowest BCUT2D eigenvalue weighted by atomic mass is 10.0. The van der Waals surface area contributed by atoms with Gasteiger partial charge in [0.25, 0.3) is 16.0 Å². The number of carbonyl (C=O) groups is 3. The predicted molar refractivity (Wildman–Crippen MR) is 84.4 cm³/mol. The van der Waals surface area contributed by atoms with Crippen LogP contribution in [0.2, 0.25) is 0 Å². The summed E-state index contributed by atoms with van der Waals surface area (Å²) in [6, 6.07) is 4.58. The Labute approximate surface area is 138 Å². The van der Waals surface area contributed by atoms with Crippen molar-refractivity contribution in [3.8, 4) is 0 Å². The number of hydrogen-bond donors (Lipinski definition) is 3. The summed E-state index contributed by atoms with van der Waals surface area (Å²) >= 11 is 0. The minimum absolute atomic E-state index is 0.197. The topological polar surface area (TPSA) is 147 Å². The molecule has 0 radical (unpaired) electrons. The molecule has 0 spiro atoms. The molecule has 1 atom stereocenters. The Bertz CT molecular complexity index is 797. The molecule has 0 saturated carbocycles. The Kier molecular flexibility index (Phi) is 4.90. The highest BCUT2D eigenvalue weighted by Crippen LogP contribution is 2.30. The molecule has 130 valence electrons. The van der Waals surface area contributed by atoms with E-state index >= 15 is 0 Å². The third-order valence-corrected chi connectivity index (χ3v) is 3.62. The van der Waals surface area contributed by atoms with Crippen molar-refractivity contribution in [3.63, 3.8) is 0 Å². The largest absolute Gasteiger partial charge is 0.398 e. The van der Waals surface area contributed by atoms with Crippen LogP contribution < -0.4 is 11.1 Å². The lowest BCUT2D eigenvalue weighted by Gasteiger charge is -2.29. The Morgan fingerprint density at radius 3 is 2.46 bits per heavy atom. The van der Waals surface area contributed by atoms with Crippen LogP contribution in [0, 0.1) is 0 Å². The van der Waals surface area contributed by atoms with Gasteiger partial charge < -0.3 is 10.6 Å². The molecule has 3 amide bonds. The number of hydrogen-bond acceptors (Lipinski definition) is 6. The first-order valence-corrected chi connectivity index (χ1v) is 8.87. The van der Waals surface area contributed by atoms with Crippen molar-refractivity contribution in [2.75, 3.05) is 12.0 Å². The smallest absolute Gasteiger partial charge is 0.261 e. The molecule has 2 aliphatic heterocycles. The normalized spacial score (nSPS) is 20.2. The van der Waals surface area contributed by atoms with Gasteiger partial charge in [-0.2, -0.15) is 8.42 Å². The quantitative estimate of drug-likeness (QED) is 0.350. The highest BCUT2D eigenvalue weighted by molar-refractivity contribution is 7.85. The third-order valence-electron chi connectivity index (χ3n) is 3.62. The summed E-state index contributed by atoms with van der Waals surface area (Å²) in [7, 11) is -3.67. The van der Waals surface area contributed by atoms with E-state index in [0.29, 0.717) is 30.5 Å². The molecule has 1 saturated heterocycles. The molecule has 0 aromatic heterocycles. The van der Waals surface area contributed by atoms with Crippen LogP contribution in [0.5, 0.6) is 0 Å². The summed E-state index contributed by atoms with van der Waals surface area (Å²) in [4.78, 5) is 36.7. The summed E-state index contributed by atoms with van der Waals surface area (Å²) in [5, 5.41) is 2.27. The fraction of sp³-hybridized carbons (Fsp3) is 0.357. The van der Waals surface area contributed by atoms with E-state index in [4.69, 9.17) is 10.3 Å². The maximum atomic E-state index is 12.3. The number of anilines is 1. The fourth-order valence-electron chi connectivity index (χ4n) is 2.61. The average Bonchev–Trinajstić information content (AvgIpc) is 2.76. The van der Waals surface area contributed by atoms with Crippen molar-refractivity contribution >= 4 is 33.5 Å². The third kappa shape index (κ3) is 4.09. The van der Waals surface area contributed by atoms with E-state index in [-0.39, 0.29) is 18.2 Å². The van der Waals surface area contributed by atoms with Gasteiger partial charge >= 0.3 is 0 Å². The van der Waals surface area contributed by atoms with Gasteiger partial charge in [-0.25, -0.2) is 0 Å². The number of nitrogens with two attached hydrogens (primary N) is 1. The molecular formula is C14H17N3O6S. The number of piperidine rings is 1. The number of nitrogen functional groups attached to an aromatic ring is 1. The van der Waals surface area contributed by atoms with Gasteiger partial charge in [0.05, 0.1) is 6.26 Å². The SMILES string of the molecule is CS(=O)(=O)O.Nc1cccc2c1CN(C1CCC(=O)NC1=O)C2=O. The second-order valence-corrected chi connectivity index (χ2v) is 6.97. The lowest BCUT2D eigenvalue weighted by Crippen LogP contribution is -2.52. The van der Waals surface area contributed by atoms with E-state index in [1.165, 1.54) is 4.90 Å². The van der Waals surface area contributed by atoms with Gasteiger partial charge in [0.2, 0.25) is 11.8 Å². The van der Waals surface area contributed by atoms with Crippen molar-refractivity contribution in [2.45, 2.75) is 25.4 Å². The zero-order valence-corrected chi connectivity index (χ0v) is 13.7. The van der Waals surface area contributed by atoms with Crippen LogP contribution in [0.3, 0.4) is 0 Å². The van der Waals surface area contributed by atoms with Gasteiger partial charge in [-0.1, -0.05) is 6.07 Å². The highest BCUT2D eigenvalue weighted by atomic mass is 32.2. The molecular weight excluding hydrogens is 338 g/mol. The van der Waals surface area contributed by atoms with E-state index in [0.717, 1.165) is 5.56 Å². The van der Waals surface area contributed by atoms with Crippen LogP contribution in [0.15, 0.2) is 18.2 Å². The highest BCUT2D eigenvalue weighted by Gasteiger charge is 2.39. The second-order valence-electron chi connectivity index (χ2n) is 5.51. The maximum absolute atomic E-state index is 12.3. The Morgan fingerprint density at radius 1 is 1.29 bits per heavy atom. The van der Waals surface area contributed by atoms with Crippen LogP contribution in [0.1, 0.15) is 28.8 Å². The molecule has 4 N–H and O–H groups in total. The maximum Gasteiger partial charge on any atom is 0.261 e. The lowest BCUT2D eigenvalue weighted by molar-refractivity contribution is -0.136. The summed E-state index contributed by atoms with van der Waals surface area (Å²) in [5.74, 6) is -0.891. The zero-order valence-electron chi connectivity index (χ0n) is 12.9. The minimum Gasteiger partial charge on any atom is -0.398 e. The van der Waals surface area contributed by atoms with Gasteiger partial charge in [0.15, 0.2) is 0 Å². The van der Waals surface area contributed by atoms with Crippen molar-refractivity contribution < 1.29 is 27.4 Å². The first-order valence-electron chi connectivity index (χ1n) is 7.02. The van der Waals surface area contributed by atoms with Crippen LogP contribution >= 0.6 is 0 Å². The molecule has 1 aromatic carbocycles. The summed E-state index contributed by atoms with van der Waals surface area (Å²) in [6.07, 6.45) is 1.34. The number of fused-ring (bicyclic) bond motifs is 1. The monoisotopic (exact) mass is 355 g/mol. The van der Waals surface area contributed by atoms with E-state index in [1.54, 1.807) is 18.2 Å². The molecule has 3 rings (SSSR count). The van der Waals surface area contributed by atoms with Crippen molar-refractivity contribution in [2.24, 2.45) is 0 Å². The standard InChI is InChI=1S/C13H13N3O3.CH4O3S/c14-9-3-1-2-7-8(9)6-16(13(7)19)10-4-5-11(17)15-12(10)18;1-5(2,3)4/h1-3,10H,4-6,14H2,(H,15,17,18);1H3,(H,2,3,4). The van der Waals surface area contributed by atoms with Crippen LogP contribution in [-0.2, 0) is 26.3 Å². The van der Waals surface area contributed by atoms with Crippen molar-refractivity contribution in [1.29, 1.82) is 0 Å². The van der Waals surface area contributed by atoms with Crippen LogP contribution in [0.25, 0.3) is 0 Å². The molecule has 2 heterocycles. The Hall–Kier alpha value is -2.46. The first kappa shape index (κ1) is 17.9. The zero-order chi connectivity index (χ0) is 18.1. The minimum atomic E-state index is -3.67. The van der Waals surface area contributed by atoms with Gasteiger partial charge in [0, 0.05) is 29.8 Å². The molecule has 10 heteroatoms. The van der Waals surface area contributed by atoms with E-state index in [2.05, 4.69) is 5.32 Å². The summed E-state index contributed by atoms with van der Waals surface area (Å²) in [5.41, 5.74) is 7.71. The average molecular weight is 355 g/mol.